The van der Waals surface area contributed by atoms with Gasteiger partial charge < -0.3 is 15.0 Å². The van der Waals surface area contributed by atoms with Gasteiger partial charge in [0.1, 0.15) is 0 Å². The number of rotatable bonds is 6. The number of fused-ring (bicyclic) bond motifs is 1. The van der Waals surface area contributed by atoms with Gasteiger partial charge in [0.05, 0.1) is 29.0 Å². The topological polar surface area (TPSA) is 54.5 Å². The number of amides is 1. The number of hydrogen-bond acceptors (Lipinski definition) is 7. The molecule has 3 heterocycles. The number of thiophene rings is 1. The fourth-order valence-corrected chi connectivity index (χ4v) is 6.28. The van der Waals surface area contributed by atoms with Gasteiger partial charge in [0.2, 0.25) is 0 Å². The summed E-state index contributed by atoms with van der Waals surface area (Å²) in [5, 5.41) is 6.16. The van der Waals surface area contributed by atoms with Crippen LogP contribution in [0.4, 0.5) is 10.8 Å². The Hall–Kier alpha value is -2.39. The first-order valence-corrected chi connectivity index (χ1v) is 12.7. The fourth-order valence-electron chi connectivity index (χ4n) is 3.40. The molecule has 2 aromatic carbocycles. The predicted octanol–water partition coefficient (Wildman–Crippen LogP) is 5.74. The Morgan fingerprint density at radius 2 is 2.00 bits per heavy atom. The Morgan fingerprint density at radius 3 is 2.84 bits per heavy atom. The van der Waals surface area contributed by atoms with Crippen LogP contribution in [0.3, 0.4) is 0 Å². The normalized spacial score (nSPS) is 14.1. The molecule has 0 saturated carbocycles. The summed E-state index contributed by atoms with van der Waals surface area (Å²) in [5.74, 6) is 0.769. The van der Waals surface area contributed by atoms with Crippen molar-refractivity contribution in [2.75, 3.05) is 36.5 Å². The first kappa shape index (κ1) is 20.5. The van der Waals surface area contributed by atoms with Crippen LogP contribution in [0, 0.1) is 0 Å². The van der Waals surface area contributed by atoms with Gasteiger partial charge in [-0.05, 0) is 41.8 Å². The molecular weight excluding hydrogens is 446 g/mol. The molecule has 0 aliphatic carbocycles. The van der Waals surface area contributed by atoms with Gasteiger partial charge >= 0.3 is 0 Å². The standard InChI is InChI=1S/C23H21N3O2S3/c27-22(18-5-1-2-6-20(18)30-15-17-4-3-13-29-17)24-16-7-8-19-21(14-16)31-23(25-19)26-9-11-28-12-10-26/h1-8,13-14H,9-12,15H2,(H,24,27). The number of nitrogens with zero attached hydrogens (tertiary/aromatic N) is 2. The van der Waals surface area contributed by atoms with E-state index in [0.29, 0.717) is 5.56 Å². The van der Waals surface area contributed by atoms with Crippen molar-refractivity contribution < 1.29 is 9.53 Å². The highest BCUT2D eigenvalue weighted by Gasteiger charge is 2.16. The third-order valence-electron chi connectivity index (χ3n) is 5.00. The number of carbonyl (C=O) groups is 1. The largest absolute Gasteiger partial charge is 0.378 e. The summed E-state index contributed by atoms with van der Waals surface area (Å²) in [5.41, 5.74) is 2.44. The maximum Gasteiger partial charge on any atom is 0.256 e. The second-order valence-corrected chi connectivity index (χ2v) is 10.2. The summed E-state index contributed by atoms with van der Waals surface area (Å²) >= 11 is 5.08. The molecule has 31 heavy (non-hydrogen) atoms. The van der Waals surface area contributed by atoms with Crippen LogP contribution in [0.25, 0.3) is 10.2 Å². The number of carbonyl (C=O) groups excluding carboxylic acids is 1. The van der Waals surface area contributed by atoms with Crippen LogP contribution in [-0.2, 0) is 10.5 Å². The Labute approximate surface area is 193 Å². The van der Waals surface area contributed by atoms with Gasteiger partial charge in [-0.15, -0.1) is 23.1 Å². The zero-order chi connectivity index (χ0) is 21.0. The van der Waals surface area contributed by atoms with Crippen LogP contribution < -0.4 is 10.2 Å². The first-order valence-electron chi connectivity index (χ1n) is 10.0. The van der Waals surface area contributed by atoms with Crippen LogP contribution >= 0.6 is 34.4 Å². The zero-order valence-electron chi connectivity index (χ0n) is 16.7. The molecule has 1 aliphatic heterocycles. The van der Waals surface area contributed by atoms with Crippen molar-refractivity contribution in [3.8, 4) is 0 Å². The molecule has 0 bridgehead atoms. The average Bonchev–Trinajstić information content (AvgIpc) is 3.48. The van der Waals surface area contributed by atoms with Crippen LogP contribution in [0.5, 0.6) is 0 Å². The summed E-state index contributed by atoms with van der Waals surface area (Å²) in [4.78, 5) is 22.3. The van der Waals surface area contributed by atoms with E-state index >= 15 is 0 Å². The Kier molecular flexibility index (Phi) is 6.22. The van der Waals surface area contributed by atoms with E-state index < -0.39 is 0 Å². The third-order valence-corrected chi connectivity index (χ3v) is 8.26. The Morgan fingerprint density at radius 1 is 1.13 bits per heavy atom. The minimum absolute atomic E-state index is 0.0912. The van der Waals surface area contributed by atoms with Crippen LogP contribution in [0.1, 0.15) is 15.2 Å². The van der Waals surface area contributed by atoms with Crippen molar-refractivity contribution in [1.82, 2.24) is 4.98 Å². The highest BCUT2D eigenvalue weighted by Crippen LogP contribution is 2.32. The van der Waals surface area contributed by atoms with Crippen molar-refractivity contribution in [3.63, 3.8) is 0 Å². The maximum absolute atomic E-state index is 13.0. The van der Waals surface area contributed by atoms with E-state index in [-0.39, 0.29) is 5.91 Å². The van der Waals surface area contributed by atoms with Crippen molar-refractivity contribution in [2.45, 2.75) is 10.6 Å². The van der Waals surface area contributed by atoms with Gasteiger partial charge in [-0.25, -0.2) is 4.98 Å². The van der Waals surface area contributed by atoms with Gasteiger partial charge in [0.15, 0.2) is 5.13 Å². The molecule has 0 radical (unpaired) electrons. The second kappa shape index (κ2) is 9.40. The molecule has 1 saturated heterocycles. The van der Waals surface area contributed by atoms with Gasteiger partial charge in [-0.1, -0.05) is 29.5 Å². The quantitative estimate of drug-likeness (QED) is 0.367. The first-order chi connectivity index (χ1) is 15.3. The molecule has 1 aliphatic rings. The SMILES string of the molecule is O=C(Nc1ccc2nc(N3CCOCC3)sc2c1)c1ccccc1SCc1cccs1. The van der Waals surface area contributed by atoms with Crippen LogP contribution in [0.15, 0.2) is 64.9 Å². The van der Waals surface area contributed by atoms with Crippen molar-refractivity contribution in [2.24, 2.45) is 0 Å². The number of ether oxygens (including phenoxy) is 1. The van der Waals surface area contributed by atoms with Crippen molar-refractivity contribution in [3.05, 3.63) is 70.4 Å². The van der Waals surface area contributed by atoms with Crippen molar-refractivity contribution >= 4 is 61.4 Å². The number of thioether (sulfide) groups is 1. The Bertz CT molecular complexity index is 1180. The number of hydrogen-bond donors (Lipinski definition) is 1. The number of thiazole rings is 1. The highest BCUT2D eigenvalue weighted by molar-refractivity contribution is 7.98. The molecule has 4 aromatic rings. The molecule has 1 amide bonds. The summed E-state index contributed by atoms with van der Waals surface area (Å²) < 4.78 is 6.50. The molecule has 0 unspecified atom stereocenters. The van der Waals surface area contributed by atoms with Gasteiger partial charge in [0.25, 0.3) is 5.91 Å². The molecule has 0 spiro atoms. The lowest BCUT2D eigenvalue weighted by molar-refractivity contribution is 0.102. The summed E-state index contributed by atoms with van der Waals surface area (Å²) in [7, 11) is 0. The third kappa shape index (κ3) is 4.77. The summed E-state index contributed by atoms with van der Waals surface area (Å²) in [6, 6.07) is 17.9. The predicted molar refractivity (Wildman–Crippen MR) is 131 cm³/mol. The molecule has 8 heteroatoms. The molecule has 1 fully saturated rings. The van der Waals surface area contributed by atoms with Gasteiger partial charge in [0, 0.05) is 34.3 Å². The zero-order valence-corrected chi connectivity index (χ0v) is 19.2. The molecule has 5 rings (SSSR count). The number of anilines is 2. The van der Waals surface area contributed by atoms with Crippen LogP contribution in [0.2, 0.25) is 0 Å². The van der Waals surface area contributed by atoms with Gasteiger partial charge in [-0.3, -0.25) is 4.79 Å². The molecule has 5 nitrogen and oxygen atoms in total. The lowest BCUT2D eigenvalue weighted by Crippen LogP contribution is -2.36. The van der Waals surface area contributed by atoms with E-state index in [9.17, 15) is 4.79 Å². The minimum atomic E-state index is -0.0912. The maximum atomic E-state index is 13.0. The molecule has 0 atom stereocenters. The Balaban J connectivity index is 1.32. The van der Waals surface area contributed by atoms with E-state index in [1.165, 1.54) is 4.88 Å². The minimum Gasteiger partial charge on any atom is -0.378 e. The average molecular weight is 468 g/mol. The molecule has 158 valence electrons. The number of nitrogens with one attached hydrogen (secondary N) is 1. The molecular formula is C23H21N3O2S3. The summed E-state index contributed by atoms with van der Waals surface area (Å²) in [6.45, 7) is 3.20. The number of benzene rings is 2. The molecule has 1 N–H and O–H groups in total. The van der Waals surface area contributed by atoms with Gasteiger partial charge in [-0.2, -0.15) is 0 Å². The lowest BCUT2D eigenvalue weighted by Gasteiger charge is -2.25. The smallest absolute Gasteiger partial charge is 0.256 e. The van der Waals surface area contributed by atoms with E-state index in [0.717, 1.165) is 58.0 Å². The van der Waals surface area contributed by atoms with Crippen LogP contribution in [-0.4, -0.2) is 37.2 Å². The molecule has 2 aromatic heterocycles. The lowest BCUT2D eigenvalue weighted by atomic mass is 10.2. The van der Waals surface area contributed by atoms with E-state index in [1.54, 1.807) is 34.4 Å². The second-order valence-electron chi connectivity index (χ2n) is 7.10. The fraction of sp³-hybridized carbons (Fsp3) is 0.217. The number of morpholine rings is 1. The van der Waals surface area contributed by atoms with E-state index in [4.69, 9.17) is 9.72 Å². The van der Waals surface area contributed by atoms with Crippen molar-refractivity contribution in [1.29, 1.82) is 0 Å². The highest BCUT2D eigenvalue weighted by atomic mass is 32.2. The monoisotopic (exact) mass is 467 g/mol. The summed E-state index contributed by atoms with van der Waals surface area (Å²) in [6.07, 6.45) is 0. The van der Waals surface area contributed by atoms with E-state index in [2.05, 4.69) is 27.7 Å². The van der Waals surface area contributed by atoms with E-state index in [1.807, 2.05) is 42.5 Å². The number of aromatic nitrogens is 1.